The van der Waals surface area contributed by atoms with E-state index in [1.54, 1.807) is 11.8 Å². The molecule has 1 aromatic rings. The van der Waals surface area contributed by atoms with Crippen molar-refractivity contribution in [3.8, 4) is 0 Å². The third-order valence-corrected chi connectivity index (χ3v) is 3.53. The van der Waals surface area contributed by atoms with E-state index in [1.165, 1.54) is 0 Å². The van der Waals surface area contributed by atoms with Crippen molar-refractivity contribution in [3.05, 3.63) is 29.8 Å². The van der Waals surface area contributed by atoms with Crippen molar-refractivity contribution in [3.63, 3.8) is 0 Å². The Kier molecular flexibility index (Phi) is 4.20. The van der Waals surface area contributed by atoms with Gasteiger partial charge in [-0.15, -0.1) is 0 Å². The lowest BCUT2D eigenvalue weighted by atomic mass is 10.1. The Bertz CT molecular complexity index is 485. The van der Waals surface area contributed by atoms with Gasteiger partial charge >= 0.3 is 0 Å². The lowest BCUT2D eigenvalue weighted by molar-refractivity contribution is -0.138. The van der Waals surface area contributed by atoms with E-state index in [1.807, 2.05) is 24.3 Å². The summed E-state index contributed by atoms with van der Waals surface area (Å²) in [6, 6.07) is 7.22. The van der Waals surface area contributed by atoms with E-state index in [0.717, 1.165) is 24.1 Å². The first-order chi connectivity index (χ1) is 9.13. The van der Waals surface area contributed by atoms with Gasteiger partial charge in [-0.3, -0.25) is 9.59 Å². The third kappa shape index (κ3) is 2.95. The van der Waals surface area contributed by atoms with Crippen molar-refractivity contribution in [2.24, 2.45) is 0 Å². The van der Waals surface area contributed by atoms with Gasteiger partial charge in [-0.1, -0.05) is 31.5 Å². The summed E-state index contributed by atoms with van der Waals surface area (Å²) in [4.78, 5) is 26.0. The van der Waals surface area contributed by atoms with Crippen molar-refractivity contribution in [1.29, 1.82) is 0 Å². The van der Waals surface area contributed by atoms with Gasteiger partial charge in [-0.05, 0) is 25.0 Å². The normalized spacial score (nSPS) is 18.5. The Morgan fingerprint density at radius 1 is 1.42 bits per heavy atom. The molecule has 1 aliphatic heterocycles. The highest BCUT2D eigenvalue weighted by molar-refractivity contribution is 5.98. The Labute approximate surface area is 113 Å². The number of benzene rings is 1. The van der Waals surface area contributed by atoms with Crippen LogP contribution in [0, 0.1) is 0 Å². The summed E-state index contributed by atoms with van der Waals surface area (Å²) in [6.45, 7) is 4.34. The zero-order valence-corrected chi connectivity index (χ0v) is 11.5. The zero-order chi connectivity index (χ0) is 13.8. The first-order valence-electron chi connectivity index (χ1n) is 6.81. The molecule has 19 heavy (non-hydrogen) atoms. The number of hydrogen-bond donors (Lipinski definition) is 1. The van der Waals surface area contributed by atoms with Crippen LogP contribution >= 0.6 is 0 Å². The number of nitrogens with zero attached hydrogens (tertiary/aromatic N) is 1. The van der Waals surface area contributed by atoms with Gasteiger partial charge in [0.1, 0.15) is 6.04 Å². The SMILES string of the molecule is CCCCC(=O)N1Cc2ccccc2NC(=O)C1C. The number of rotatable bonds is 3. The molecule has 2 rings (SSSR count). The fraction of sp³-hybridized carbons (Fsp3) is 0.467. The summed E-state index contributed by atoms with van der Waals surface area (Å²) in [5, 5.41) is 2.88. The molecule has 4 heteroatoms. The van der Waals surface area contributed by atoms with E-state index < -0.39 is 6.04 Å². The zero-order valence-electron chi connectivity index (χ0n) is 11.5. The summed E-state index contributed by atoms with van der Waals surface area (Å²) in [5.74, 6) is -0.0593. The van der Waals surface area contributed by atoms with Gasteiger partial charge < -0.3 is 10.2 Å². The molecule has 2 amide bonds. The maximum atomic E-state index is 12.2. The second-order valence-electron chi connectivity index (χ2n) is 4.95. The number of nitrogens with one attached hydrogen (secondary N) is 1. The molecule has 0 radical (unpaired) electrons. The Hall–Kier alpha value is -1.84. The number of fused-ring (bicyclic) bond motifs is 1. The molecule has 0 fully saturated rings. The van der Waals surface area contributed by atoms with Crippen LogP contribution in [0.4, 0.5) is 5.69 Å². The van der Waals surface area contributed by atoms with Crippen LogP contribution in [-0.4, -0.2) is 22.8 Å². The Morgan fingerprint density at radius 3 is 2.89 bits per heavy atom. The van der Waals surface area contributed by atoms with Gasteiger partial charge in [0.15, 0.2) is 0 Å². The smallest absolute Gasteiger partial charge is 0.246 e. The number of hydrogen-bond acceptors (Lipinski definition) is 2. The van der Waals surface area contributed by atoms with Gasteiger partial charge in [-0.2, -0.15) is 0 Å². The minimum Gasteiger partial charge on any atom is -0.327 e. The second kappa shape index (κ2) is 5.87. The molecule has 1 atom stereocenters. The number of unbranched alkanes of at least 4 members (excludes halogenated alkanes) is 1. The Balaban J connectivity index is 2.24. The van der Waals surface area contributed by atoms with Crippen LogP contribution in [0.25, 0.3) is 0 Å². The minimum absolute atomic E-state index is 0.0567. The van der Waals surface area contributed by atoms with Crippen molar-refractivity contribution in [2.45, 2.75) is 45.7 Å². The lowest BCUT2D eigenvalue weighted by Crippen LogP contribution is -2.43. The van der Waals surface area contributed by atoms with E-state index in [2.05, 4.69) is 12.2 Å². The van der Waals surface area contributed by atoms with Gasteiger partial charge in [0.2, 0.25) is 11.8 Å². The highest BCUT2D eigenvalue weighted by Crippen LogP contribution is 2.23. The Morgan fingerprint density at radius 2 is 2.16 bits per heavy atom. The van der Waals surface area contributed by atoms with Crippen LogP contribution in [0.1, 0.15) is 38.7 Å². The number of amides is 2. The fourth-order valence-electron chi connectivity index (χ4n) is 2.26. The molecule has 0 saturated heterocycles. The van der Waals surface area contributed by atoms with Crippen LogP contribution < -0.4 is 5.32 Å². The predicted octanol–water partition coefficient (Wildman–Crippen LogP) is 2.55. The maximum absolute atomic E-state index is 12.2. The number of carbonyl (C=O) groups is 2. The molecule has 1 heterocycles. The standard InChI is InChI=1S/C15H20N2O2/c1-3-4-9-14(18)17-10-12-7-5-6-8-13(12)16-15(19)11(17)2/h5-8,11H,3-4,9-10H2,1-2H3,(H,16,19). The summed E-state index contributed by atoms with van der Waals surface area (Å²) in [5.41, 5.74) is 1.80. The van der Waals surface area contributed by atoms with Gasteiger partial charge in [0.05, 0.1) is 0 Å². The van der Waals surface area contributed by atoms with E-state index >= 15 is 0 Å². The first kappa shape index (κ1) is 13.6. The molecule has 0 bridgehead atoms. The monoisotopic (exact) mass is 260 g/mol. The van der Waals surface area contributed by atoms with Crippen LogP contribution in [-0.2, 0) is 16.1 Å². The average molecular weight is 260 g/mol. The molecule has 1 aromatic carbocycles. The lowest BCUT2D eigenvalue weighted by Gasteiger charge is -2.25. The molecule has 0 saturated carbocycles. The van der Waals surface area contributed by atoms with Crippen LogP contribution in [0.5, 0.6) is 0 Å². The topological polar surface area (TPSA) is 49.4 Å². The maximum Gasteiger partial charge on any atom is 0.246 e. The van der Waals surface area contributed by atoms with Crippen LogP contribution in [0.15, 0.2) is 24.3 Å². The van der Waals surface area contributed by atoms with Gasteiger partial charge in [0, 0.05) is 18.7 Å². The second-order valence-corrected chi connectivity index (χ2v) is 4.95. The molecule has 0 spiro atoms. The van der Waals surface area contributed by atoms with Crippen LogP contribution in [0.3, 0.4) is 0 Å². The van der Waals surface area contributed by atoms with E-state index in [-0.39, 0.29) is 11.8 Å². The number of anilines is 1. The van der Waals surface area contributed by atoms with Crippen LogP contribution in [0.2, 0.25) is 0 Å². The van der Waals surface area contributed by atoms with Crippen molar-refractivity contribution >= 4 is 17.5 Å². The number of para-hydroxylation sites is 1. The molecule has 102 valence electrons. The highest BCUT2D eigenvalue weighted by atomic mass is 16.2. The summed E-state index contributed by atoms with van der Waals surface area (Å²) in [6.07, 6.45) is 2.36. The average Bonchev–Trinajstić information content (AvgIpc) is 2.54. The van der Waals surface area contributed by atoms with E-state index in [0.29, 0.717) is 13.0 Å². The quantitative estimate of drug-likeness (QED) is 0.908. The molecule has 0 aliphatic carbocycles. The molecule has 0 aromatic heterocycles. The third-order valence-electron chi connectivity index (χ3n) is 3.53. The molecular formula is C15H20N2O2. The molecule has 1 aliphatic rings. The molecule has 1 N–H and O–H groups in total. The molecule has 1 unspecified atom stereocenters. The highest BCUT2D eigenvalue weighted by Gasteiger charge is 2.29. The number of carbonyl (C=O) groups excluding carboxylic acids is 2. The van der Waals surface area contributed by atoms with Gasteiger partial charge in [-0.25, -0.2) is 0 Å². The van der Waals surface area contributed by atoms with E-state index in [9.17, 15) is 9.59 Å². The minimum atomic E-state index is -0.420. The molecule has 4 nitrogen and oxygen atoms in total. The van der Waals surface area contributed by atoms with Crippen molar-refractivity contribution < 1.29 is 9.59 Å². The summed E-state index contributed by atoms with van der Waals surface area (Å²) >= 11 is 0. The predicted molar refractivity (Wildman–Crippen MR) is 74.6 cm³/mol. The first-order valence-corrected chi connectivity index (χ1v) is 6.81. The van der Waals surface area contributed by atoms with Crippen molar-refractivity contribution in [1.82, 2.24) is 4.90 Å². The fourth-order valence-corrected chi connectivity index (χ4v) is 2.26. The summed E-state index contributed by atoms with van der Waals surface area (Å²) in [7, 11) is 0. The van der Waals surface area contributed by atoms with E-state index in [4.69, 9.17) is 0 Å². The summed E-state index contributed by atoms with van der Waals surface area (Å²) < 4.78 is 0. The largest absolute Gasteiger partial charge is 0.327 e. The van der Waals surface area contributed by atoms with Crippen molar-refractivity contribution in [2.75, 3.05) is 5.32 Å². The van der Waals surface area contributed by atoms with Gasteiger partial charge in [0.25, 0.3) is 0 Å². The molecular weight excluding hydrogens is 240 g/mol.